The molecule has 0 aromatic carbocycles. The Hall–Kier alpha value is -0.410. The second kappa shape index (κ2) is 5.28. The zero-order chi connectivity index (χ0) is 11.5. The topological polar surface area (TPSA) is 24.9 Å². The van der Waals surface area contributed by atoms with E-state index in [2.05, 4.69) is 36.5 Å². The fraction of sp³-hybridized carbons (Fsp3) is 0.769. The summed E-state index contributed by atoms with van der Waals surface area (Å²) in [6.07, 6.45) is 5.42. The van der Waals surface area contributed by atoms with E-state index in [1.165, 1.54) is 30.7 Å². The highest BCUT2D eigenvalue weighted by Gasteiger charge is 2.31. The van der Waals surface area contributed by atoms with Gasteiger partial charge in [0, 0.05) is 17.1 Å². The van der Waals surface area contributed by atoms with E-state index in [4.69, 9.17) is 0 Å². The molecule has 1 saturated carbocycles. The normalized spacial score (nSPS) is 19.7. The standard InChI is InChI=1S/C13H22N2S/c1-4-5-12(11-6-7-11)15-10(3)13-14-9(2)8-16-13/h8,10-12,15H,4-7H2,1-3H3. The summed E-state index contributed by atoms with van der Waals surface area (Å²) < 4.78 is 0. The van der Waals surface area contributed by atoms with Crippen LogP contribution in [0.3, 0.4) is 0 Å². The van der Waals surface area contributed by atoms with Crippen LogP contribution in [0, 0.1) is 12.8 Å². The molecule has 1 N–H and O–H groups in total. The Balaban J connectivity index is 1.91. The van der Waals surface area contributed by atoms with Gasteiger partial charge in [-0.3, -0.25) is 0 Å². The summed E-state index contributed by atoms with van der Waals surface area (Å²) in [6, 6.07) is 1.13. The van der Waals surface area contributed by atoms with Gasteiger partial charge in [-0.25, -0.2) is 4.98 Å². The van der Waals surface area contributed by atoms with E-state index in [9.17, 15) is 0 Å². The highest BCUT2D eigenvalue weighted by Crippen LogP contribution is 2.35. The average molecular weight is 238 g/mol. The number of aryl methyl sites for hydroxylation is 1. The second-order valence-electron chi connectivity index (χ2n) is 4.95. The molecule has 16 heavy (non-hydrogen) atoms. The van der Waals surface area contributed by atoms with E-state index in [-0.39, 0.29) is 0 Å². The van der Waals surface area contributed by atoms with Crippen molar-refractivity contribution >= 4 is 11.3 Å². The van der Waals surface area contributed by atoms with Crippen molar-refractivity contribution in [3.8, 4) is 0 Å². The van der Waals surface area contributed by atoms with E-state index in [1.54, 1.807) is 11.3 Å². The predicted molar refractivity (Wildman–Crippen MR) is 69.8 cm³/mol. The van der Waals surface area contributed by atoms with Crippen LogP contribution in [0.25, 0.3) is 0 Å². The van der Waals surface area contributed by atoms with Crippen LogP contribution >= 0.6 is 11.3 Å². The van der Waals surface area contributed by atoms with Gasteiger partial charge in [-0.05, 0) is 39.0 Å². The van der Waals surface area contributed by atoms with Gasteiger partial charge >= 0.3 is 0 Å². The summed E-state index contributed by atoms with van der Waals surface area (Å²) in [5.74, 6) is 0.934. The lowest BCUT2D eigenvalue weighted by Crippen LogP contribution is -2.33. The monoisotopic (exact) mass is 238 g/mol. The highest BCUT2D eigenvalue weighted by molar-refractivity contribution is 7.09. The van der Waals surface area contributed by atoms with Gasteiger partial charge in [0.05, 0.1) is 6.04 Å². The smallest absolute Gasteiger partial charge is 0.110 e. The Labute approximate surface area is 102 Å². The van der Waals surface area contributed by atoms with Gasteiger partial charge in [-0.1, -0.05) is 13.3 Å². The largest absolute Gasteiger partial charge is 0.305 e. The molecule has 2 nitrogen and oxygen atoms in total. The third-order valence-electron chi connectivity index (χ3n) is 3.26. The number of thiazole rings is 1. The van der Waals surface area contributed by atoms with E-state index < -0.39 is 0 Å². The van der Waals surface area contributed by atoms with Gasteiger partial charge in [0.15, 0.2) is 0 Å². The lowest BCUT2D eigenvalue weighted by molar-refractivity contribution is 0.389. The van der Waals surface area contributed by atoms with Gasteiger partial charge in [0.25, 0.3) is 0 Å². The molecule has 1 heterocycles. The van der Waals surface area contributed by atoms with E-state index >= 15 is 0 Å². The maximum absolute atomic E-state index is 4.56. The molecule has 1 aromatic rings. The van der Waals surface area contributed by atoms with Crippen molar-refractivity contribution in [3.05, 3.63) is 16.1 Å². The molecule has 1 aliphatic carbocycles. The number of aromatic nitrogens is 1. The van der Waals surface area contributed by atoms with Gasteiger partial charge < -0.3 is 5.32 Å². The number of nitrogens with zero attached hydrogens (tertiary/aromatic N) is 1. The zero-order valence-corrected chi connectivity index (χ0v) is 11.3. The van der Waals surface area contributed by atoms with Gasteiger partial charge in [-0.2, -0.15) is 0 Å². The molecule has 0 saturated heterocycles. The van der Waals surface area contributed by atoms with Crippen LogP contribution in [-0.4, -0.2) is 11.0 Å². The van der Waals surface area contributed by atoms with Crippen LogP contribution in [0.1, 0.15) is 56.3 Å². The Morgan fingerprint density at radius 2 is 2.31 bits per heavy atom. The third-order valence-corrected chi connectivity index (χ3v) is 4.41. The molecule has 0 radical (unpaired) electrons. The van der Waals surface area contributed by atoms with Crippen molar-refractivity contribution in [2.45, 2.75) is 58.5 Å². The van der Waals surface area contributed by atoms with E-state index in [0.29, 0.717) is 12.1 Å². The number of hydrogen-bond donors (Lipinski definition) is 1. The maximum atomic E-state index is 4.56. The fourth-order valence-electron chi connectivity index (χ4n) is 2.23. The molecule has 0 amide bonds. The summed E-state index contributed by atoms with van der Waals surface area (Å²) in [7, 11) is 0. The van der Waals surface area contributed by atoms with Crippen LogP contribution in [0.2, 0.25) is 0 Å². The quantitative estimate of drug-likeness (QED) is 0.817. The maximum Gasteiger partial charge on any atom is 0.110 e. The molecule has 90 valence electrons. The first-order valence-corrected chi connectivity index (χ1v) is 7.26. The molecule has 3 heteroatoms. The third kappa shape index (κ3) is 3.05. The van der Waals surface area contributed by atoms with E-state index in [1.807, 2.05) is 0 Å². The molecule has 2 unspecified atom stereocenters. The van der Waals surface area contributed by atoms with Crippen LogP contribution in [0.15, 0.2) is 5.38 Å². The first-order chi connectivity index (χ1) is 7.70. The summed E-state index contributed by atoms with van der Waals surface area (Å²) >= 11 is 1.78. The number of hydrogen-bond acceptors (Lipinski definition) is 3. The molecule has 2 atom stereocenters. The SMILES string of the molecule is CCCC(NC(C)c1nc(C)cs1)C1CC1. The van der Waals surface area contributed by atoms with Crippen molar-refractivity contribution in [3.63, 3.8) is 0 Å². The molecule has 0 aliphatic heterocycles. The van der Waals surface area contributed by atoms with Crippen LogP contribution in [0.4, 0.5) is 0 Å². The average Bonchev–Trinajstić information content (AvgIpc) is 3.00. The molecule has 2 rings (SSSR count). The van der Waals surface area contributed by atoms with Crippen molar-refractivity contribution < 1.29 is 0 Å². The molecule has 0 spiro atoms. The second-order valence-corrected chi connectivity index (χ2v) is 5.84. The molecular weight excluding hydrogens is 216 g/mol. The van der Waals surface area contributed by atoms with Crippen LogP contribution < -0.4 is 5.32 Å². The molecule has 1 aliphatic rings. The molecule has 0 bridgehead atoms. The van der Waals surface area contributed by atoms with Crippen LogP contribution in [0.5, 0.6) is 0 Å². The summed E-state index contributed by atoms with van der Waals surface area (Å²) in [4.78, 5) is 4.56. The minimum Gasteiger partial charge on any atom is -0.305 e. The Morgan fingerprint density at radius 1 is 1.56 bits per heavy atom. The molecule has 1 aromatic heterocycles. The Bertz CT molecular complexity index is 330. The summed E-state index contributed by atoms with van der Waals surface area (Å²) in [6.45, 7) is 6.58. The van der Waals surface area contributed by atoms with Gasteiger partial charge in [0.2, 0.25) is 0 Å². The number of rotatable bonds is 6. The molecule has 1 fully saturated rings. The molecular formula is C13H22N2S. The van der Waals surface area contributed by atoms with Gasteiger partial charge in [0.1, 0.15) is 5.01 Å². The lowest BCUT2D eigenvalue weighted by Gasteiger charge is -2.21. The Kier molecular flexibility index (Phi) is 3.98. The van der Waals surface area contributed by atoms with Crippen molar-refractivity contribution in [1.29, 1.82) is 0 Å². The minimum atomic E-state index is 0.413. The summed E-state index contributed by atoms with van der Waals surface area (Å²) in [5, 5.41) is 7.13. The Morgan fingerprint density at radius 3 is 2.81 bits per heavy atom. The van der Waals surface area contributed by atoms with Crippen molar-refractivity contribution in [2.75, 3.05) is 0 Å². The highest BCUT2D eigenvalue weighted by atomic mass is 32.1. The number of nitrogens with one attached hydrogen (secondary N) is 1. The van der Waals surface area contributed by atoms with Gasteiger partial charge in [-0.15, -0.1) is 11.3 Å². The van der Waals surface area contributed by atoms with E-state index in [0.717, 1.165) is 11.6 Å². The van der Waals surface area contributed by atoms with Crippen LogP contribution in [-0.2, 0) is 0 Å². The van der Waals surface area contributed by atoms with Crippen molar-refractivity contribution in [1.82, 2.24) is 10.3 Å². The first-order valence-electron chi connectivity index (χ1n) is 6.38. The summed E-state index contributed by atoms with van der Waals surface area (Å²) in [5.41, 5.74) is 1.15. The zero-order valence-electron chi connectivity index (χ0n) is 10.5. The first kappa shape index (κ1) is 12.1. The predicted octanol–water partition coefficient (Wildman–Crippen LogP) is 3.68. The lowest BCUT2D eigenvalue weighted by atomic mass is 10.1. The minimum absolute atomic E-state index is 0.413. The van der Waals surface area contributed by atoms with Crippen molar-refractivity contribution in [2.24, 2.45) is 5.92 Å². The fourth-order valence-corrected chi connectivity index (χ4v) is 3.04.